The SMILES string of the molecule is O=C(Nc1ccc(-c2ccc(N3CCCCCC3)nn2)cc1)c1ccc[nH]c1=O. The molecule has 0 saturated carbocycles. The van der Waals surface area contributed by atoms with Crippen molar-refractivity contribution in [2.24, 2.45) is 0 Å². The van der Waals surface area contributed by atoms with Crippen molar-refractivity contribution in [3.05, 3.63) is 70.6 Å². The van der Waals surface area contributed by atoms with Gasteiger partial charge in [-0.25, -0.2) is 0 Å². The molecule has 148 valence electrons. The predicted molar refractivity (Wildman–Crippen MR) is 113 cm³/mol. The van der Waals surface area contributed by atoms with Gasteiger partial charge in [0, 0.05) is 30.5 Å². The number of carbonyl (C=O) groups excluding carboxylic acids is 1. The van der Waals surface area contributed by atoms with Gasteiger partial charge in [0.15, 0.2) is 5.82 Å². The van der Waals surface area contributed by atoms with E-state index in [-0.39, 0.29) is 5.56 Å². The van der Waals surface area contributed by atoms with E-state index < -0.39 is 11.5 Å². The number of H-pyrrole nitrogens is 1. The van der Waals surface area contributed by atoms with Gasteiger partial charge in [-0.15, -0.1) is 10.2 Å². The number of pyridine rings is 1. The van der Waals surface area contributed by atoms with Crippen LogP contribution in [0.4, 0.5) is 11.5 Å². The lowest BCUT2D eigenvalue weighted by atomic mass is 10.1. The van der Waals surface area contributed by atoms with E-state index in [9.17, 15) is 9.59 Å². The zero-order valence-electron chi connectivity index (χ0n) is 16.1. The van der Waals surface area contributed by atoms with E-state index in [1.807, 2.05) is 24.3 Å². The number of aromatic nitrogens is 3. The fraction of sp³-hybridized carbons (Fsp3) is 0.273. The van der Waals surface area contributed by atoms with Crippen molar-refractivity contribution in [1.82, 2.24) is 15.2 Å². The summed E-state index contributed by atoms with van der Waals surface area (Å²) >= 11 is 0. The topological polar surface area (TPSA) is 91.0 Å². The number of carbonyl (C=O) groups is 1. The Morgan fingerprint density at radius 3 is 2.34 bits per heavy atom. The highest BCUT2D eigenvalue weighted by molar-refractivity contribution is 6.04. The Bertz CT molecular complexity index is 1020. The molecule has 1 amide bonds. The molecular weight excluding hydrogens is 366 g/mol. The van der Waals surface area contributed by atoms with E-state index in [0.717, 1.165) is 30.2 Å². The van der Waals surface area contributed by atoms with Crippen molar-refractivity contribution in [2.75, 3.05) is 23.3 Å². The maximum absolute atomic E-state index is 12.2. The third kappa shape index (κ3) is 4.51. The average molecular weight is 389 g/mol. The highest BCUT2D eigenvalue weighted by Crippen LogP contribution is 2.22. The lowest BCUT2D eigenvalue weighted by Gasteiger charge is -2.20. The number of hydrogen-bond donors (Lipinski definition) is 2. The number of benzene rings is 1. The van der Waals surface area contributed by atoms with Crippen LogP contribution in [0.25, 0.3) is 11.3 Å². The standard InChI is InChI=1S/C22H23N5O2/c28-21-18(6-5-13-23-21)22(29)24-17-9-7-16(8-10-17)19-11-12-20(26-25-19)27-14-3-1-2-4-15-27/h5-13H,1-4,14-15H2,(H,23,28)(H,24,29). The number of aromatic amines is 1. The number of hydrogen-bond acceptors (Lipinski definition) is 5. The van der Waals surface area contributed by atoms with Crippen LogP contribution >= 0.6 is 0 Å². The summed E-state index contributed by atoms with van der Waals surface area (Å²) in [7, 11) is 0. The van der Waals surface area contributed by atoms with E-state index in [4.69, 9.17) is 0 Å². The zero-order chi connectivity index (χ0) is 20.1. The van der Waals surface area contributed by atoms with Gasteiger partial charge in [0.2, 0.25) is 0 Å². The van der Waals surface area contributed by atoms with Crippen molar-refractivity contribution < 1.29 is 4.79 Å². The molecule has 3 aromatic rings. The van der Waals surface area contributed by atoms with Crippen LogP contribution in [-0.4, -0.2) is 34.2 Å². The van der Waals surface area contributed by atoms with Crippen molar-refractivity contribution in [2.45, 2.75) is 25.7 Å². The molecule has 2 aromatic heterocycles. The van der Waals surface area contributed by atoms with Crippen LogP contribution in [0, 0.1) is 0 Å². The van der Waals surface area contributed by atoms with Gasteiger partial charge in [-0.2, -0.15) is 0 Å². The summed E-state index contributed by atoms with van der Waals surface area (Å²) in [5, 5.41) is 11.5. The minimum absolute atomic E-state index is 0.0755. The molecule has 7 heteroatoms. The van der Waals surface area contributed by atoms with Crippen molar-refractivity contribution >= 4 is 17.4 Å². The van der Waals surface area contributed by atoms with E-state index in [1.54, 1.807) is 18.2 Å². The van der Waals surface area contributed by atoms with Gasteiger partial charge in [0.1, 0.15) is 5.56 Å². The first-order valence-corrected chi connectivity index (χ1v) is 9.89. The summed E-state index contributed by atoms with van der Waals surface area (Å²) < 4.78 is 0. The quantitative estimate of drug-likeness (QED) is 0.713. The summed E-state index contributed by atoms with van der Waals surface area (Å²) in [6, 6.07) is 14.4. The van der Waals surface area contributed by atoms with Crippen molar-refractivity contribution in [1.29, 1.82) is 0 Å². The number of amides is 1. The van der Waals surface area contributed by atoms with Crippen LogP contribution in [0.3, 0.4) is 0 Å². The monoisotopic (exact) mass is 389 g/mol. The second-order valence-corrected chi connectivity index (χ2v) is 7.12. The minimum atomic E-state index is -0.443. The second kappa shape index (κ2) is 8.68. The number of nitrogens with zero attached hydrogens (tertiary/aromatic N) is 3. The van der Waals surface area contributed by atoms with E-state index in [0.29, 0.717) is 5.69 Å². The highest BCUT2D eigenvalue weighted by atomic mass is 16.2. The van der Waals surface area contributed by atoms with E-state index in [1.165, 1.54) is 37.9 Å². The lowest BCUT2D eigenvalue weighted by molar-refractivity contribution is 0.102. The first-order chi connectivity index (χ1) is 14.2. The van der Waals surface area contributed by atoms with Crippen LogP contribution < -0.4 is 15.8 Å². The Labute approximate surface area is 168 Å². The third-order valence-electron chi connectivity index (χ3n) is 5.08. The van der Waals surface area contributed by atoms with Crippen LogP contribution in [0.1, 0.15) is 36.0 Å². The molecule has 7 nitrogen and oxygen atoms in total. The Hall–Kier alpha value is -3.48. The maximum atomic E-state index is 12.2. The Balaban J connectivity index is 1.44. The average Bonchev–Trinajstić information content (AvgIpc) is 3.04. The van der Waals surface area contributed by atoms with Crippen molar-refractivity contribution in [3.8, 4) is 11.3 Å². The molecule has 4 rings (SSSR count). The molecule has 1 aliphatic rings. The molecule has 2 N–H and O–H groups in total. The first-order valence-electron chi connectivity index (χ1n) is 9.89. The van der Waals surface area contributed by atoms with Gasteiger partial charge in [0.25, 0.3) is 11.5 Å². The van der Waals surface area contributed by atoms with Crippen LogP contribution in [-0.2, 0) is 0 Å². The number of anilines is 2. The Kier molecular flexibility index (Phi) is 5.65. The lowest BCUT2D eigenvalue weighted by Crippen LogP contribution is -2.25. The maximum Gasteiger partial charge on any atom is 0.261 e. The van der Waals surface area contributed by atoms with E-state index >= 15 is 0 Å². The second-order valence-electron chi connectivity index (χ2n) is 7.12. The van der Waals surface area contributed by atoms with Gasteiger partial charge >= 0.3 is 0 Å². The largest absolute Gasteiger partial charge is 0.355 e. The van der Waals surface area contributed by atoms with Gasteiger partial charge in [-0.3, -0.25) is 9.59 Å². The predicted octanol–water partition coefficient (Wildman–Crippen LogP) is 3.46. The van der Waals surface area contributed by atoms with Crippen molar-refractivity contribution in [3.63, 3.8) is 0 Å². The normalized spacial score (nSPS) is 14.3. The Morgan fingerprint density at radius 2 is 1.69 bits per heavy atom. The summed E-state index contributed by atoms with van der Waals surface area (Å²) in [6.07, 6.45) is 6.46. The number of nitrogens with one attached hydrogen (secondary N) is 2. The summed E-state index contributed by atoms with van der Waals surface area (Å²) in [5.74, 6) is 0.480. The fourth-order valence-electron chi connectivity index (χ4n) is 3.47. The van der Waals surface area contributed by atoms with Gasteiger partial charge < -0.3 is 15.2 Å². The number of rotatable bonds is 4. The van der Waals surface area contributed by atoms with Crippen LogP contribution in [0.5, 0.6) is 0 Å². The van der Waals surface area contributed by atoms with Crippen LogP contribution in [0.15, 0.2) is 59.5 Å². The van der Waals surface area contributed by atoms with E-state index in [2.05, 4.69) is 25.4 Å². The molecule has 3 heterocycles. The van der Waals surface area contributed by atoms with Gasteiger partial charge in [-0.1, -0.05) is 25.0 Å². The molecule has 0 bridgehead atoms. The van der Waals surface area contributed by atoms with Crippen LogP contribution in [0.2, 0.25) is 0 Å². The highest BCUT2D eigenvalue weighted by Gasteiger charge is 2.13. The first kappa shape index (κ1) is 18.9. The molecule has 0 spiro atoms. The molecular formula is C22H23N5O2. The fourth-order valence-corrected chi connectivity index (χ4v) is 3.47. The molecule has 1 fully saturated rings. The summed E-state index contributed by atoms with van der Waals surface area (Å²) in [4.78, 5) is 28.8. The summed E-state index contributed by atoms with van der Waals surface area (Å²) in [6.45, 7) is 2.07. The third-order valence-corrected chi connectivity index (χ3v) is 5.08. The minimum Gasteiger partial charge on any atom is -0.355 e. The molecule has 0 atom stereocenters. The summed E-state index contributed by atoms with van der Waals surface area (Å²) in [5.41, 5.74) is 1.96. The molecule has 1 aromatic carbocycles. The molecule has 0 radical (unpaired) electrons. The van der Waals surface area contributed by atoms with Gasteiger partial charge in [0.05, 0.1) is 5.69 Å². The zero-order valence-corrected chi connectivity index (χ0v) is 16.1. The molecule has 0 aliphatic carbocycles. The van der Waals surface area contributed by atoms with Gasteiger partial charge in [-0.05, 0) is 49.2 Å². The molecule has 29 heavy (non-hydrogen) atoms. The molecule has 0 unspecified atom stereocenters. The Morgan fingerprint density at radius 1 is 0.931 bits per heavy atom. The smallest absolute Gasteiger partial charge is 0.261 e. The molecule has 1 saturated heterocycles. The molecule has 1 aliphatic heterocycles.